The van der Waals surface area contributed by atoms with Gasteiger partial charge in [0.15, 0.2) is 0 Å². The highest BCUT2D eigenvalue weighted by Gasteiger charge is 2.36. The van der Waals surface area contributed by atoms with Crippen LogP contribution in [0, 0.1) is 0 Å². The van der Waals surface area contributed by atoms with Crippen LogP contribution >= 0.6 is 11.3 Å². The molecule has 2 fully saturated rings. The number of hydrogen-bond acceptors (Lipinski definition) is 7. The molecule has 2 aromatic rings. The van der Waals surface area contributed by atoms with E-state index in [2.05, 4.69) is 9.80 Å². The summed E-state index contributed by atoms with van der Waals surface area (Å²) in [6.07, 6.45) is 0.443. The Kier molecular flexibility index (Phi) is 6.44. The van der Waals surface area contributed by atoms with Gasteiger partial charge in [-0.2, -0.15) is 4.31 Å². The summed E-state index contributed by atoms with van der Waals surface area (Å²) in [6.45, 7) is 7.08. The Balaban J connectivity index is 1.57. The molecule has 0 amide bonds. The molecule has 1 aromatic carbocycles. The van der Waals surface area contributed by atoms with Crippen LogP contribution in [0.5, 0.6) is 0 Å². The molecule has 7 nitrogen and oxygen atoms in total. The van der Waals surface area contributed by atoms with Crippen LogP contribution in [-0.4, -0.2) is 79.3 Å². The number of sulfonamides is 1. The van der Waals surface area contributed by atoms with E-state index in [1.807, 2.05) is 24.3 Å². The van der Waals surface area contributed by atoms with E-state index in [1.165, 1.54) is 11.3 Å². The van der Waals surface area contributed by atoms with Crippen LogP contribution in [0.2, 0.25) is 0 Å². The van der Waals surface area contributed by atoms with Gasteiger partial charge in [-0.25, -0.2) is 8.42 Å². The molecule has 1 unspecified atom stereocenters. The largest absolute Gasteiger partial charge is 0.392 e. The summed E-state index contributed by atoms with van der Waals surface area (Å²) in [5.74, 6) is 0. The highest BCUT2D eigenvalue weighted by atomic mass is 32.2. The molecule has 2 saturated heterocycles. The number of aliphatic hydroxyl groups is 2. The zero-order chi connectivity index (χ0) is 22.2. The van der Waals surface area contributed by atoms with Crippen molar-refractivity contribution in [1.82, 2.24) is 9.21 Å². The third-order valence-corrected chi connectivity index (χ3v) is 9.39. The summed E-state index contributed by atoms with van der Waals surface area (Å²) in [6, 6.07) is 11.3. The van der Waals surface area contributed by atoms with Gasteiger partial charge >= 0.3 is 0 Å². The molecule has 2 aliphatic heterocycles. The van der Waals surface area contributed by atoms with Gasteiger partial charge in [0.1, 0.15) is 4.21 Å². The fourth-order valence-corrected chi connectivity index (χ4v) is 7.03. The predicted molar refractivity (Wildman–Crippen MR) is 123 cm³/mol. The average Bonchev–Trinajstić information content (AvgIpc) is 3.40. The van der Waals surface area contributed by atoms with E-state index < -0.39 is 15.6 Å². The monoisotopic (exact) mass is 465 g/mol. The Bertz CT molecular complexity index is 971. The number of benzene rings is 1. The topological polar surface area (TPSA) is 84.3 Å². The van der Waals surface area contributed by atoms with Gasteiger partial charge in [-0.1, -0.05) is 18.2 Å². The maximum Gasteiger partial charge on any atom is 0.252 e. The molecule has 0 spiro atoms. The van der Waals surface area contributed by atoms with Gasteiger partial charge in [0.2, 0.25) is 0 Å². The van der Waals surface area contributed by atoms with E-state index >= 15 is 0 Å². The van der Waals surface area contributed by atoms with E-state index in [1.54, 1.807) is 35.7 Å². The van der Waals surface area contributed by atoms with Crippen LogP contribution in [0.3, 0.4) is 0 Å². The number of likely N-dealkylation sites (tertiary alicyclic amines) is 1. The minimum atomic E-state index is -3.50. The van der Waals surface area contributed by atoms with Crippen LogP contribution in [0.25, 0.3) is 0 Å². The molecule has 31 heavy (non-hydrogen) atoms. The summed E-state index contributed by atoms with van der Waals surface area (Å²) in [5.41, 5.74) is 0.956. The van der Waals surface area contributed by atoms with Gasteiger partial charge in [-0.15, -0.1) is 11.3 Å². The number of hydrogen-bond donors (Lipinski definition) is 2. The first kappa shape index (κ1) is 22.7. The number of aliphatic hydroxyl groups excluding tert-OH is 1. The second-order valence-corrected chi connectivity index (χ2v) is 12.1. The molecule has 0 radical (unpaired) electrons. The van der Waals surface area contributed by atoms with Crippen LogP contribution < -0.4 is 4.90 Å². The molecule has 0 saturated carbocycles. The predicted octanol–water partition coefficient (Wildman–Crippen LogP) is 1.92. The molecular weight excluding hydrogens is 434 g/mol. The van der Waals surface area contributed by atoms with Gasteiger partial charge in [0.05, 0.1) is 17.7 Å². The molecule has 1 aromatic heterocycles. The fourth-order valence-electron chi connectivity index (χ4n) is 4.42. The number of piperazine rings is 1. The summed E-state index contributed by atoms with van der Waals surface area (Å²) in [5, 5.41) is 22.0. The lowest BCUT2D eigenvalue weighted by molar-refractivity contribution is 0.0786. The fraction of sp³-hybridized carbons (Fsp3) is 0.545. The summed E-state index contributed by atoms with van der Waals surface area (Å²) >= 11 is 1.25. The number of nitrogens with zero attached hydrogens (tertiary/aromatic N) is 3. The van der Waals surface area contributed by atoms with Crippen molar-refractivity contribution in [3.8, 4) is 0 Å². The van der Waals surface area contributed by atoms with Crippen LogP contribution in [0.4, 0.5) is 5.69 Å². The van der Waals surface area contributed by atoms with E-state index in [0.29, 0.717) is 36.9 Å². The molecule has 0 aliphatic carbocycles. The summed E-state index contributed by atoms with van der Waals surface area (Å²) < 4.78 is 28.2. The second-order valence-electron chi connectivity index (χ2n) is 8.95. The van der Waals surface area contributed by atoms with Gasteiger partial charge in [-0.05, 0) is 49.4 Å². The number of β-amino-alcohol motifs (C(OH)–C–C–N with tert-alkyl or cyclic N) is 1. The Morgan fingerprint density at radius 2 is 1.84 bits per heavy atom. The van der Waals surface area contributed by atoms with Gasteiger partial charge in [-0.3, -0.25) is 4.90 Å². The first-order valence-electron chi connectivity index (χ1n) is 10.7. The summed E-state index contributed by atoms with van der Waals surface area (Å²) in [7, 11) is -3.50. The molecule has 2 aliphatic rings. The second kappa shape index (κ2) is 8.80. The molecule has 170 valence electrons. The van der Waals surface area contributed by atoms with Crippen molar-refractivity contribution < 1.29 is 18.6 Å². The SMILES string of the molecule is CC(C)(O)c1ccc(N2CCN(S(=O)(=O)c3cccs3)CC2CN2CC[C@@H](O)C2)cc1. The zero-order valence-corrected chi connectivity index (χ0v) is 19.6. The molecule has 3 heterocycles. The highest BCUT2D eigenvalue weighted by molar-refractivity contribution is 7.91. The third-order valence-electron chi connectivity index (χ3n) is 6.16. The molecule has 2 N–H and O–H groups in total. The maximum absolute atomic E-state index is 13.1. The van der Waals surface area contributed by atoms with Crippen LogP contribution in [-0.2, 0) is 15.6 Å². The first-order valence-corrected chi connectivity index (χ1v) is 13.0. The van der Waals surface area contributed by atoms with E-state index in [4.69, 9.17) is 0 Å². The molecular formula is C22H31N3O4S2. The van der Waals surface area contributed by atoms with Crippen LogP contribution in [0.1, 0.15) is 25.8 Å². The lowest BCUT2D eigenvalue weighted by atomic mass is 9.98. The van der Waals surface area contributed by atoms with E-state index in [-0.39, 0.29) is 12.1 Å². The minimum Gasteiger partial charge on any atom is -0.392 e. The smallest absolute Gasteiger partial charge is 0.252 e. The van der Waals surface area contributed by atoms with Gasteiger partial charge in [0, 0.05) is 45.0 Å². The Morgan fingerprint density at radius 1 is 1.10 bits per heavy atom. The van der Waals surface area contributed by atoms with Crippen molar-refractivity contribution in [1.29, 1.82) is 0 Å². The van der Waals surface area contributed by atoms with Crippen molar-refractivity contribution in [2.75, 3.05) is 44.2 Å². The lowest BCUT2D eigenvalue weighted by Crippen LogP contribution is -2.58. The Labute approximate surface area is 188 Å². The van der Waals surface area contributed by atoms with E-state index in [9.17, 15) is 18.6 Å². The zero-order valence-electron chi connectivity index (χ0n) is 18.0. The van der Waals surface area contributed by atoms with Crippen molar-refractivity contribution in [3.63, 3.8) is 0 Å². The minimum absolute atomic E-state index is 0.0261. The highest BCUT2D eigenvalue weighted by Crippen LogP contribution is 2.29. The van der Waals surface area contributed by atoms with Gasteiger partial charge < -0.3 is 15.1 Å². The van der Waals surface area contributed by atoms with Crippen LogP contribution in [0.15, 0.2) is 46.0 Å². The summed E-state index contributed by atoms with van der Waals surface area (Å²) in [4.78, 5) is 4.48. The van der Waals surface area contributed by atoms with Gasteiger partial charge in [0.25, 0.3) is 10.0 Å². The first-order chi connectivity index (χ1) is 14.6. The van der Waals surface area contributed by atoms with Crippen molar-refractivity contribution in [2.45, 2.75) is 42.2 Å². The quantitative estimate of drug-likeness (QED) is 0.678. The molecule has 2 atom stereocenters. The number of thiophene rings is 1. The van der Waals surface area contributed by atoms with Crippen molar-refractivity contribution in [3.05, 3.63) is 47.3 Å². The number of anilines is 1. The molecule has 0 bridgehead atoms. The third kappa shape index (κ3) is 4.97. The molecule has 9 heteroatoms. The lowest BCUT2D eigenvalue weighted by Gasteiger charge is -2.43. The Morgan fingerprint density at radius 3 is 2.42 bits per heavy atom. The van der Waals surface area contributed by atoms with E-state index in [0.717, 1.165) is 24.2 Å². The standard InChI is InChI=1S/C22H31N3O4S2/c1-22(2,27)17-5-7-18(8-6-17)25-12-11-24(31(28,29)21-4-3-13-30-21)15-19(25)14-23-10-9-20(26)16-23/h3-8,13,19-20,26-27H,9-12,14-16H2,1-2H3/t19?,20-/m1/s1. The van der Waals surface area contributed by atoms with Crippen molar-refractivity contribution >= 4 is 27.0 Å². The van der Waals surface area contributed by atoms with Crippen molar-refractivity contribution in [2.24, 2.45) is 0 Å². The number of rotatable bonds is 6. The average molecular weight is 466 g/mol. The normalized spacial score (nSPS) is 24.1. The Hall–Kier alpha value is -1.49. The maximum atomic E-state index is 13.1. The molecule has 4 rings (SSSR count).